The summed E-state index contributed by atoms with van der Waals surface area (Å²) in [5.74, 6) is -2.93. The number of aromatic nitrogens is 2. The van der Waals surface area contributed by atoms with Crippen molar-refractivity contribution >= 4 is 38.5 Å². The van der Waals surface area contributed by atoms with Crippen LogP contribution >= 0.6 is 11.5 Å². The third-order valence-corrected chi connectivity index (χ3v) is 7.29. The SMILES string of the molecule is CS(=O)(=O)N(F)c1cc(-c2nc(C3=CCCC=C3CC(F)(F)F)ns2)ccc1N1CCCC(F)(F)C1. The van der Waals surface area contributed by atoms with E-state index in [2.05, 4.69) is 9.36 Å². The molecule has 2 aliphatic rings. The predicted molar refractivity (Wildman–Crippen MR) is 126 cm³/mol. The number of hydrogen-bond acceptors (Lipinski definition) is 6. The number of hydrogen-bond donors (Lipinski definition) is 0. The highest BCUT2D eigenvalue weighted by molar-refractivity contribution is 7.91. The maximum absolute atomic E-state index is 14.9. The Labute approximate surface area is 208 Å². The van der Waals surface area contributed by atoms with E-state index in [-0.39, 0.29) is 52.6 Å². The van der Waals surface area contributed by atoms with Crippen LogP contribution in [0.2, 0.25) is 0 Å². The minimum atomic E-state index is -4.41. The van der Waals surface area contributed by atoms with Crippen molar-refractivity contribution in [1.29, 1.82) is 0 Å². The second-order valence-corrected chi connectivity index (χ2v) is 11.2. The van der Waals surface area contributed by atoms with Crippen molar-refractivity contribution in [1.82, 2.24) is 9.36 Å². The Kier molecular flexibility index (Phi) is 7.12. The van der Waals surface area contributed by atoms with Crippen molar-refractivity contribution in [2.24, 2.45) is 0 Å². The summed E-state index contributed by atoms with van der Waals surface area (Å²) in [5.41, 5.74) is 0.0781. The van der Waals surface area contributed by atoms with Gasteiger partial charge >= 0.3 is 6.18 Å². The van der Waals surface area contributed by atoms with Crippen LogP contribution in [0, 0.1) is 0 Å². The maximum Gasteiger partial charge on any atom is 0.393 e. The quantitative estimate of drug-likeness (QED) is 0.318. The largest absolute Gasteiger partial charge is 0.393 e. The Hall–Kier alpha value is -2.61. The van der Waals surface area contributed by atoms with Crippen LogP contribution in [0.15, 0.2) is 35.9 Å². The van der Waals surface area contributed by atoms with Crippen molar-refractivity contribution in [3.05, 3.63) is 41.7 Å². The van der Waals surface area contributed by atoms with E-state index in [1.54, 1.807) is 6.08 Å². The molecule has 1 aromatic heterocycles. The number of halogens is 6. The molecule has 0 amide bonds. The highest BCUT2D eigenvalue weighted by Crippen LogP contribution is 2.41. The van der Waals surface area contributed by atoms with Gasteiger partial charge in [-0.1, -0.05) is 16.6 Å². The summed E-state index contributed by atoms with van der Waals surface area (Å²) in [6, 6.07) is 3.96. The van der Waals surface area contributed by atoms with E-state index < -0.39 is 45.3 Å². The van der Waals surface area contributed by atoms with E-state index in [4.69, 9.17) is 0 Å². The number of alkyl halides is 5. The smallest absolute Gasteiger partial charge is 0.364 e. The van der Waals surface area contributed by atoms with Crippen LogP contribution in [0.4, 0.5) is 37.8 Å². The summed E-state index contributed by atoms with van der Waals surface area (Å²) in [6.07, 6.45) is -0.965. The van der Waals surface area contributed by atoms with Crippen LogP contribution in [0.3, 0.4) is 0 Å². The lowest BCUT2D eigenvalue weighted by Gasteiger charge is -2.35. The Bertz CT molecular complexity index is 1300. The lowest BCUT2D eigenvalue weighted by molar-refractivity contribution is -0.126. The van der Waals surface area contributed by atoms with Crippen LogP contribution in [-0.4, -0.2) is 49.2 Å². The van der Waals surface area contributed by atoms with Crippen molar-refractivity contribution in [3.8, 4) is 10.6 Å². The highest BCUT2D eigenvalue weighted by atomic mass is 32.2. The molecule has 1 aromatic carbocycles. The fraction of sp³-hybridized carbons (Fsp3) is 0.455. The monoisotopic (exact) mass is 552 g/mol. The number of benzene rings is 1. The third kappa shape index (κ3) is 6.02. The maximum atomic E-state index is 14.9. The number of allylic oxidation sites excluding steroid dienone is 4. The topological polar surface area (TPSA) is 66.4 Å². The van der Waals surface area contributed by atoms with Crippen molar-refractivity contribution < 1.29 is 34.9 Å². The molecule has 0 spiro atoms. The summed E-state index contributed by atoms with van der Waals surface area (Å²) in [4.78, 5) is 5.55. The van der Waals surface area contributed by atoms with E-state index in [1.807, 2.05) is 0 Å². The van der Waals surface area contributed by atoms with E-state index in [9.17, 15) is 34.9 Å². The normalized spacial score (nSPS) is 18.6. The zero-order chi connectivity index (χ0) is 26.3. The summed E-state index contributed by atoms with van der Waals surface area (Å²) in [7, 11) is -4.38. The van der Waals surface area contributed by atoms with Gasteiger partial charge < -0.3 is 4.90 Å². The zero-order valence-electron chi connectivity index (χ0n) is 19.0. The fourth-order valence-electron chi connectivity index (χ4n) is 4.21. The molecule has 14 heteroatoms. The summed E-state index contributed by atoms with van der Waals surface area (Å²) in [6.45, 7) is -0.507. The first-order valence-electron chi connectivity index (χ1n) is 11.0. The van der Waals surface area contributed by atoms with E-state index in [0.717, 1.165) is 17.6 Å². The minimum Gasteiger partial charge on any atom is -0.364 e. The van der Waals surface area contributed by atoms with Gasteiger partial charge in [0.1, 0.15) is 10.7 Å². The zero-order valence-corrected chi connectivity index (χ0v) is 20.7. The number of anilines is 2. The van der Waals surface area contributed by atoms with Crippen molar-refractivity contribution in [2.45, 2.75) is 44.2 Å². The molecule has 0 unspecified atom stereocenters. The van der Waals surface area contributed by atoms with Gasteiger partial charge in [-0.3, -0.25) is 0 Å². The molecule has 36 heavy (non-hydrogen) atoms. The number of piperidine rings is 1. The van der Waals surface area contributed by atoms with Crippen LogP contribution in [0.25, 0.3) is 16.1 Å². The first kappa shape index (κ1) is 26.5. The average molecular weight is 553 g/mol. The standard InChI is InChI=1S/C22H22F6N4O2S2/c1-36(33,34)32(28)18-11-14(7-8-17(18)31-10-4-9-21(23,24)13-31)20-29-19(30-35-20)16-6-3-2-5-15(16)12-22(25,26)27/h5-8,11H,2-4,9-10,12-13H2,1H3. The number of nitrogens with zero attached hydrogens (tertiary/aromatic N) is 4. The second kappa shape index (κ2) is 9.69. The highest BCUT2D eigenvalue weighted by Gasteiger charge is 2.37. The molecule has 2 aromatic rings. The Morgan fingerprint density at radius 2 is 1.92 bits per heavy atom. The van der Waals surface area contributed by atoms with Gasteiger partial charge in [-0.05, 0) is 54.6 Å². The van der Waals surface area contributed by atoms with E-state index in [1.165, 1.54) is 23.1 Å². The molecule has 2 heterocycles. The van der Waals surface area contributed by atoms with Crippen molar-refractivity contribution in [2.75, 3.05) is 28.8 Å². The Balaban J connectivity index is 1.70. The van der Waals surface area contributed by atoms with Gasteiger partial charge in [0.05, 0.1) is 24.9 Å². The molecule has 1 aliphatic carbocycles. The Morgan fingerprint density at radius 3 is 2.58 bits per heavy atom. The van der Waals surface area contributed by atoms with Gasteiger partial charge in [0.15, 0.2) is 5.82 Å². The predicted octanol–water partition coefficient (Wildman–Crippen LogP) is 6.15. The molecule has 1 fully saturated rings. The average Bonchev–Trinajstić information content (AvgIpc) is 3.26. The van der Waals surface area contributed by atoms with Crippen molar-refractivity contribution in [3.63, 3.8) is 0 Å². The molecule has 1 aliphatic heterocycles. The summed E-state index contributed by atoms with van der Waals surface area (Å²) < 4.78 is 110. The molecule has 4 rings (SSSR count). The van der Waals surface area contributed by atoms with Gasteiger partial charge in [-0.2, -0.15) is 17.5 Å². The molecular weight excluding hydrogens is 530 g/mol. The van der Waals surface area contributed by atoms with Gasteiger partial charge in [0.25, 0.3) is 15.9 Å². The van der Waals surface area contributed by atoms with Crippen LogP contribution < -0.4 is 9.43 Å². The van der Waals surface area contributed by atoms with Gasteiger partial charge in [0.2, 0.25) is 0 Å². The second-order valence-electron chi connectivity index (χ2n) is 8.70. The molecule has 0 bridgehead atoms. The fourth-order valence-corrected chi connectivity index (χ4v) is 5.38. The lowest BCUT2D eigenvalue weighted by atomic mass is 9.94. The van der Waals surface area contributed by atoms with Crippen LogP contribution in [-0.2, 0) is 10.0 Å². The van der Waals surface area contributed by atoms with Gasteiger partial charge in [0, 0.05) is 24.1 Å². The summed E-state index contributed by atoms with van der Waals surface area (Å²) in [5, 5.41) is 0.210. The Morgan fingerprint density at radius 1 is 1.19 bits per heavy atom. The first-order chi connectivity index (χ1) is 16.7. The van der Waals surface area contributed by atoms with E-state index >= 15 is 0 Å². The minimum absolute atomic E-state index is 0.0267. The number of rotatable bonds is 6. The molecule has 6 nitrogen and oxygen atoms in total. The summed E-state index contributed by atoms with van der Waals surface area (Å²) >= 11 is 0.851. The van der Waals surface area contributed by atoms with Crippen LogP contribution in [0.5, 0.6) is 0 Å². The molecule has 0 radical (unpaired) electrons. The van der Waals surface area contributed by atoms with Gasteiger partial charge in [-0.25, -0.2) is 22.2 Å². The molecule has 1 saturated heterocycles. The van der Waals surface area contributed by atoms with Crippen LogP contribution in [0.1, 0.15) is 37.9 Å². The van der Waals surface area contributed by atoms with Gasteiger partial charge in [-0.15, -0.1) is 4.53 Å². The van der Waals surface area contributed by atoms with E-state index in [0.29, 0.717) is 19.1 Å². The first-order valence-corrected chi connectivity index (χ1v) is 13.6. The molecule has 0 saturated carbocycles. The molecule has 0 N–H and O–H groups in total. The third-order valence-electron chi connectivity index (χ3n) is 5.75. The molecule has 196 valence electrons. The number of sulfonamides is 1. The lowest BCUT2D eigenvalue weighted by Crippen LogP contribution is -2.43. The molecular formula is C22H22F6N4O2S2. The molecule has 0 atom stereocenters.